The number of H-pyrrole nitrogens is 1. The first-order chi connectivity index (χ1) is 10.6. The van der Waals surface area contributed by atoms with Gasteiger partial charge in [-0.3, -0.25) is 0 Å². The minimum Gasteiger partial charge on any atom is -0.357 e. The van der Waals surface area contributed by atoms with Crippen LogP contribution in [0.15, 0.2) is 36.4 Å². The molecule has 1 aromatic heterocycles. The lowest BCUT2D eigenvalue weighted by Gasteiger charge is -2.25. The Balaban J connectivity index is 1.90. The maximum atomic E-state index is 14.2. The van der Waals surface area contributed by atoms with Gasteiger partial charge < -0.3 is 10.3 Å². The normalized spacial score (nSPS) is 17.7. The molecule has 0 fully saturated rings. The molecular formula is C18H16F2N2. The molecule has 0 saturated carbocycles. The summed E-state index contributed by atoms with van der Waals surface area (Å²) in [4.78, 5) is 3.41. The number of fused-ring (bicyclic) bond motifs is 3. The van der Waals surface area contributed by atoms with Gasteiger partial charge in [-0.25, -0.2) is 8.78 Å². The number of aromatic nitrogens is 1. The molecule has 4 heteroatoms. The highest BCUT2D eigenvalue weighted by Crippen LogP contribution is 2.34. The first-order valence-electron chi connectivity index (χ1n) is 7.43. The van der Waals surface area contributed by atoms with E-state index in [9.17, 15) is 8.78 Å². The average molecular weight is 298 g/mol. The third kappa shape index (κ3) is 2.03. The Labute approximate surface area is 127 Å². The zero-order valence-electron chi connectivity index (χ0n) is 12.2. The van der Waals surface area contributed by atoms with E-state index in [1.165, 1.54) is 28.6 Å². The molecule has 0 saturated heterocycles. The summed E-state index contributed by atoms with van der Waals surface area (Å²) < 4.78 is 27.3. The maximum absolute atomic E-state index is 14.2. The highest BCUT2D eigenvalue weighted by Gasteiger charge is 2.27. The van der Waals surface area contributed by atoms with E-state index in [-0.39, 0.29) is 6.04 Å². The van der Waals surface area contributed by atoms with Crippen molar-refractivity contribution in [2.24, 2.45) is 0 Å². The van der Waals surface area contributed by atoms with Crippen LogP contribution in [0.2, 0.25) is 0 Å². The van der Waals surface area contributed by atoms with Crippen LogP contribution in [0.25, 0.3) is 10.9 Å². The molecule has 0 radical (unpaired) electrons. The molecule has 1 aliphatic rings. The Morgan fingerprint density at radius 1 is 1.09 bits per heavy atom. The standard InChI is InChI=1S/C18H16F2N2/c1-10-2-5-16-14(8-10)12-6-7-21-17(18(12)22-16)13-4-3-11(19)9-15(13)20/h2-5,8-9,17,21-22H,6-7H2,1H3. The molecule has 2 aromatic carbocycles. The number of aryl methyl sites for hydroxylation is 1. The smallest absolute Gasteiger partial charge is 0.131 e. The van der Waals surface area contributed by atoms with Gasteiger partial charge in [-0.15, -0.1) is 0 Å². The highest BCUT2D eigenvalue weighted by molar-refractivity contribution is 5.86. The van der Waals surface area contributed by atoms with Crippen LogP contribution >= 0.6 is 0 Å². The number of nitrogens with one attached hydrogen (secondary N) is 2. The fourth-order valence-corrected chi connectivity index (χ4v) is 3.34. The Hall–Kier alpha value is -2.20. The van der Waals surface area contributed by atoms with E-state index in [1.54, 1.807) is 0 Å². The fraction of sp³-hybridized carbons (Fsp3) is 0.222. The van der Waals surface area contributed by atoms with Gasteiger partial charge in [0.25, 0.3) is 0 Å². The van der Waals surface area contributed by atoms with Crippen LogP contribution in [0.1, 0.15) is 28.4 Å². The van der Waals surface area contributed by atoms with E-state index in [4.69, 9.17) is 0 Å². The zero-order valence-corrected chi connectivity index (χ0v) is 12.2. The number of hydrogen-bond acceptors (Lipinski definition) is 1. The molecule has 112 valence electrons. The minimum atomic E-state index is -0.551. The maximum Gasteiger partial charge on any atom is 0.131 e. The SMILES string of the molecule is Cc1ccc2[nH]c3c(c2c1)CCNC3c1ccc(F)cc1F. The lowest BCUT2D eigenvalue weighted by atomic mass is 9.94. The summed E-state index contributed by atoms with van der Waals surface area (Å²) in [7, 11) is 0. The van der Waals surface area contributed by atoms with E-state index < -0.39 is 11.6 Å². The highest BCUT2D eigenvalue weighted by atomic mass is 19.1. The summed E-state index contributed by atoms with van der Waals surface area (Å²) in [6.45, 7) is 2.84. The first kappa shape index (κ1) is 13.5. The van der Waals surface area contributed by atoms with Gasteiger partial charge in [-0.05, 0) is 37.1 Å². The van der Waals surface area contributed by atoms with Gasteiger partial charge in [0.05, 0.1) is 6.04 Å². The molecule has 22 heavy (non-hydrogen) atoms. The predicted molar refractivity (Wildman–Crippen MR) is 82.9 cm³/mol. The number of halogens is 2. The Bertz CT molecular complexity index is 867. The zero-order chi connectivity index (χ0) is 15.3. The Morgan fingerprint density at radius 3 is 2.77 bits per heavy atom. The number of aromatic amines is 1. The van der Waals surface area contributed by atoms with Crippen molar-refractivity contribution in [3.8, 4) is 0 Å². The van der Waals surface area contributed by atoms with Crippen molar-refractivity contribution in [1.82, 2.24) is 10.3 Å². The molecule has 1 aliphatic heterocycles. The van der Waals surface area contributed by atoms with Crippen LogP contribution in [0.5, 0.6) is 0 Å². The fourth-order valence-electron chi connectivity index (χ4n) is 3.34. The van der Waals surface area contributed by atoms with E-state index in [1.807, 2.05) is 0 Å². The largest absolute Gasteiger partial charge is 0.357 e. The summed E-state index contributed by atoms with van der Waals surface area (Å²) in [5, 5.41) is 4.53. The number of benzene rings is 2. The molecule has 3 aromatic rings. The quantitative estimate of drug-likeness (QED) is 0.698. The van der Waals surface area contributed by atoms with Gasteiger partial charge in [0.2, 0.25) is 0 Å². The van der Waals surface area contributed by atoms with Crippen LogP contribution in [0, 0.1) is 18.6 Å². The van der Waals surface area contributed by atoms with Crippen molar-refractivity contribution in [3.05, 3.63) is 70.4 Å². The lowest BCUT2D eigenvalue weighted by molar-refractivity contribution is 0.514. The van der Waals surface area contributed by atoms with E-state index in [0.29, 0.717) is 5.56 Å². The van der Waals surface area contributed by atoms with E-state index >= 15 is 0 Å². The second-order valence-electron chi connectivity index (χ2n) is 5.87. The lowest BCUT2D eigenvalue weighted by Crippen LogP contribution is -2.31. The second-order valence-corrected chi connectivity index (χ2v) is 5.87. The van der Waals surface area contributed by atoms with Gasteiger partial charge in [0, 0.05) is 34.8 Å². The molecule has 4 rings (SSSR count). The molecule has 2 nitrogen and oxygen atoms in total. The van der Waals surface area contributed by atoms with E-state index in [2.05, 4.69) is 35.4 Å². The van der Waals surface area contributed by atoms with Crippen molar-refractivity contribution in [2.45, 2.75) is 19.4 Å². The van der Waals surface area contributed by atoms with E-state index in [0.717, 1.165) is 30.2 Å². The second kappa shape index (κ2) is 4.92. The number of hydrogen-bond donors (Lipinski definition) is 2. The Kier molecular flexibility index (Phi) is 3.01. The van der Waals surface area contributed by atoms with Crippen LogP contribution in [-0.4, -0.2) is 11.5 Å². The molecule has 0 bridgehead atoms. The Morgan fingerprint density at radius 2 is 1.95 bits per heavy atom. The molecular weight excluding hydrogens is 282 g/mol. The summed E-state index contributed by atoms with van der Waals surface area (Å²) in [6, 6.07) is 9.78. The molecule has 2 N–H and O–H groups in total. The molecule has 1 atom stereocenters. The first-order valence-corrected chi connectivity index (χ1v) is 7.43. The molecule has 0 spiro atoms. The molecule has 0 aliphatic carbocycles. The summed E-state index contributed by atoms with van der Waals surface area (Å²) in [5.74, 6) is -1.07. The number of rotatable bonds is 1. The van der Waals surface area contributed by atoms with Gasteiger partial charge >= 0.3 is 0 Å². The van der Waals surface area contributed by atoms with Crippen molar-refractivity contribution in [2.75, 3.05) is 6.54 Å². The van der Waals surface area contributed by atoms with Crippen LogP contribution < -0.4 is 5.32 Å². The predicted octanol–water partition coefficient (Wildman–Crippen LogP) is 3.99. The minimum absolute atomic E-state index is 0.267. The third-order valence-corrected chi connectivity index (χ3v) is 4.38. The molecule has 0 amide bonds. The van der Waals surface area contributed by atoms with Crippen LogP contribution in [0.3, 0.4) is 0 Å². The van der Waals surface area contributed by atoms with Gasteiger partial charge in [0.15, 0.2) is 0 Å². The average Bonchev–Trinajstić information content (AvgIpc) is 2.85. The summed E-state index contributed by atoms with van der Waals surface area (Å²) in [6.07, 6.45) is 0.901. The molecule has 2 heterocycles. The van der Waals surface area contributed by atoms with Crippen molar-refractivity contribution < 1.29 is 8.78 Å². The summed E-state index contributed by atoms with van der Waals surface area (Å²) in [5.41, 5.74) is 4.96. The van der Waals surface area contributed by atoms with Crippen molar-refractivity contribution in [1.29, 1.82) is 0 Å². The van der Waals surface area contributed by atoms with Gasteiger partial charge in [-0.1, -0.05) is 17.7 Å². The van der Waals surface area contributed by atoms with Gasteiger partial charge in [0.1, 0.15) is 11.6 Å². The van der Waals surface area contributed by atoms with Crippen LogP contribution in [0.4, 0.5) is 8.78 Å². The van der Waals surface area contributed by atoms with Crippen LogP contribution in [-0.2, 0) is 6.42 Å². The van der Waals surface area contributed by atoms with Gasteiger partial charge in [-0.2, -0.15) is 0 Å². The van der Waals surface area contributed by atoms with Crippen molar-refractivity contribution in [3.63, 3.8) is 0 Å². The topological polar surface area (TPSA) is 27.8 Å². The third-order valence-electron chi connectivity index (χ3n) is 4.38. The molecule has 1 unspecified atom stereocenters. The summed E-state index contributed by atoms with van der Waals surface area (Å²) >= 11 is 0. The monoisotopic (exact) mass is 298 g/mol. The van der Waals surface area contributed by atoms with Crippen molar-refractivity contribution >= 4 is 10.9 Å².